The second-order valence-electron chi connectivity index (χ2n) is 2.73. The molecule has 0 aliphatic carbocycles. The van der Waals surface area contributed by atoms with Crippen LogP contribution in [0.1, 0.15) is 10.5 Å². The van der Waals surface area contributed by atoms with Gasteiger partial charge in [-0.2, -0.15) is 0 Å². The fourth-order valence-electron chi connectivity index (χ4n) is 1.10. The van der Waals surface area contributed by atoms with Gasteiger partial charge in [-0.15, -0.1) is 10.2 Å². The molecule has 2 aromatic heterocycles. The summed E-state index contributed by atoms with van der Waals surface area (Å²) in [6, 6.07) is 3.18. The number of nitrogens with zero attached hydrogens (tertiary/aromatic N) is 3. The number of hydrogen-bond donors (Lipinski definition) is 1. The SMILES string of the molecule is O=C(O)c1nnc2cc(Br)ccn2c1=O. The molecule has 2 rings (SSSR count). The number of carboxylic acids is 1. The molecular formula is C8H4BrN3O3. The molecule has 0 saturated carbocycles. The lowest BCUT2D eigenvalue weighted by atomic mass is 10.4. The van der Waals surface area contributed by atoms with Crippen molar-refractivity contribution in [1.29, 1.82) is 0 Å². The summed E-state index contributed by atoms with van der Waals surface area (Å²) in [4.78, 5) is 22.2. The minimum absolute atomic E-state index is 0.291. The van der Waals surface area contributed by atoms with Crippen LogP contribution in [-0.4, -0.2) is 25.7 Å². The maximum Gasteiger partial charge on any atom is 0.362 e. The van der Waals surface area contributed by atoms with Crippen LogP contribution >= 0.6 is 15.9 Å². The highest BCUT2D eigenvalue weighted by atomic mass is 79.9. The number of carbonyl (C=O) groups is 1. The van der Waals surface area contributed by atoms with Crippen molar-refractivity contribution in [1.82, 2.24) is 14.6 Å². The third kappa shape index (κ3) is 1.61. The number of aromatic carboxylic acids is 1. The van der Waals surface area contributed by atoms with E-state index in [4.69, 9.17) is 5.11 Å². The maximum atomic E-state index is 11.5. The van der Waals surface area contributed by atoms with Crippen LogP contribution in [0.4, 0.5) is 0 Å². The van der Waals surface area contributed by atoms with E-state index in [-0.39, 0.29) is 0 Å². The Morgan fingerprint density at radius 2 is 2.20 bits per heavy atom. The van der Waals surface area contributed by atoms with Crippen LogP contribution in [0, 0.1) is 0 Å². The van der Waals surface area contributed by atoms with Crippen LogP contribution in [-0.2, 0) is 0 Å². The van der Waals surface area contributed by atoms with Crippen LogP contribution < -0.4 is 5.56 Å². The van der Waals surface area contributed by atoms with Crippen molar-refractivity contribution in [2.75, 3.05) is 0 Å². The van der Waals surface area contributed by atoms with E-state index >= 15 is 0 Å². The van der Waals surface area contributed by atoms with Crippen molar-refractivity contribution in [3.05, 3.63) is 38.9 Å². The molecular weight excluding hydrogens is 266 g/mol. The summed E-state index contributed by atoms with van der Waals surface area (Å²) in [6.07, 6.45) is 1.43. The van der Waals surface area contributed by atoms with E-state index in [1.165, 1.54) is 6.20 Å². The predicted octanol–water partition coefficient (Wildman–Crippen LogP) is 0.550. The summed E-state index contributed by atoms with van der Waals surface area (Å²) in [5.74, 6) is -1.38. The zero-order chi connectivity index (χ0) is 11.0. The first-order chi connectivity index (χ1) is 7.09. The Morgan fingerprint density at radius 1 is 1.47 bits per heavy atom. The van der Waals surface area contributed by atoms with E-state index in [9.17, 15) is 9.59 Å². The minimum Gasteiger partial charge on any atom is -0.476 e. The largest absolute Gasteiger partial charge is 0.476 e. The van der Waals surface area contributed by atoms with Gasteiger partial charge in [0.2, 0.25) is 5.69 Å². The molecule has 1 N–H and O–H groups in total. The third-order valence-corrected chi connectivity index (χ3v) is 2.27. The average Bonchev–Trinajstić information content (AvgIpc) is 2.17. The number of hydrogen-bond acceptors (Lipinski definition) is 4. The third-order valence-electron chi connectivity index (χ3n) is 1.77. The first kappa shape index (κ1) is 9.78. The molecule has 0 saturated heterocycles. The summed E-state index contributed by atoms with van der Waals surface area (Å²) in [6.45, 7) is 0. The summed E-state index contributed by atoms with van der Waals surface area (Å²) in [5, 5.41) is 15.6. The maximum absolute atomic E-state index is 11.5. The average molecular weight is 270 g/mol. The molecule has 0 atom stereocenters. The van der Waals surface area contributed by atoms with E-state index in [0.29, 0.717) is 5.65 Å². The number of pyridine rings is 1. The first-order valence-electron chi connectivity index (χ1n) is 3.87. The van der Waals surface area contributed by atoms with E-state index in [0.717, 1.165) is 8.87 Å². The van der Waals surface area contributed by atoms with Gasteiger partial charge in [0, 0.05) is 10.7 Å². The Bertz CT molecular complexity index is 608. The molecule has 6 nitrogen and oxygen atoms in total. The van der Waals surface area contributed by atoms with Crippen LogP contribution in [0.5, 0.6) is 0 Å². The van der Waals surface area contributed by atoms with E-state index in [1.807, 2.05) is 0 Å². The van der Waals surface area contributed by atoms with Gasteiger partial charge >= 0.3 is 5.97 Å². The van der Waals surface area contributed by atoms with Gasteiger partial charge < -0.3 is 5.11 Å². The number of halogens is 1. The highest BCUT2D eigenvalue weighted by Crippen LogP contribution is 2.09. The fourth-order valence-corrected chi connectivity index (χ4v) is 1.43. The molecule has 0 amide bonds. The monoisotopic (exact) mass is 269 g/mol. The Hall–Kier alpha value is -1.76. The summed E-state index contributed by atoms with van der Waals surface area (Å²) >= 11 is 3.20. The highest BCUT2D eigenvalue weighted by Gasteiger charge is 2.13. The van der Waals surface area contributed by atoms with Gasteiger partial charge in [0.25, 0.3) is 5.56 Å². The van der Waals surface area contributed by atoms with E-state index < -0.39 is 17.2 Å². The van der Waals surface area contributed by atoms with Gasteiger partial charge in [-0.05, 0) is 12.1 Å². The Kier molecular flexibility index (Phi) is 2.24. The molecule has 76 valence electrons. The quantitative estimate of drug-likeness (QED) is 0.817. The van der Waals surface area contributed by atoms with Gasteiger partial charge in [-0.25, -0.2) is 4.79 Å². The normalized spacial score (nSPS) is 10.5. The van der Waals surface area contributed by atoms with Gasteiger partial charge in [0.15, 0.2) is 5.65 Å². The molecule has 0 unspecified atom stereocenters. The molecule has 0 aromatic carbocycles. The first-order valence-corrected chi connectivity index (χ1v) is 4.67. The molecule has 2 heterocycles. The molecule has 0 fully saturated rings. The van der Waals surface area contributed by atoms with Gasteiger partial charge in [-0.3, -0.25) is 9.20 Å². The summed E-state index contributed by atoms with van der Waals surface area (Å²) in [5.41, 5.74) is -0.991. The lowest BCUT2D eigenvalue weighted by molar-refractivity contribution is 0.0687. The van der Waals surface area contributed by atoms with Crippen LogP contribution in [0.2, 0.25) is 0 Å². The minimum atomic E-state index is -1.38. The van der Waals surface area contributed by atoms with Crippen LogP contribution in [0.25, 0.3) is 5.65 Å². The summed E-state index contributed by atoms with van der Waals surface area (Å²) in [7, 11) is 0. The van der Waals surface area contributed by atoms with Crippen molar-refractivity contribution in [3.8, 4) is 0 Å². The zero-order valence-corrected chi connectivity index (χ0v) is 8.80. The predicted molar refractivity (Wildman–Crippen MR) is 53.9 cm³/mol. The molecule has 0 radical (unpaired) electrons. The lowest BCUT2D eigenvalue weighted by Gasteiger charge is -1.99. The second kappa shape index (κ2) is 3.43. The molecule has 2 aromatic rings. The molecule has 7 heteroatoms. The molecule has 0 spiro atoms. The Morgan fingerprint density at radius 3 is 2.87 bits per heavy atom. The van der Waals surface area contributed by atoms with Gasteiger partial charge in [-0.1, -0.05) is 15.9 Å². The second-order valence-corrected chi connectivity index (χ2v) is 3.65. The Labute approximate surface area is 91.3 Å². The van der Waals surface area contributed by atoms with Crippen molar-refractivity contribution in [2.45, 2.75) is 0 Å². The molecule has 0 aliphatic heterocycles. The van der Waals surface area contributed by atoms with Crippen molar-refractivity contribution < 1.29 is 9.90 Å². The van der Waals surface area contributed by atoms with Crippen molar-refractivity contribution in [3.63, 3.8) is 0 Å². The molecule has 0 bridgehead atoms. The van der Waals surface area contributed by atoms with Gasteiger partial charge in [0.05, 0.1) is 0 Å². The molecule has 0 aliphatic rings. The van der Waals surface area contributed by atoms with Crippen molar-refractivity contribution >= 4 is 27.5 Å². The van der Waals surface area contributed by atoms with Crippen molar-refractivity contribution in [2.24, 2.45) is 0 Å². The zero-order valence-electron chi connectivity index (χ0n) is 7.22. The van der Waals surface area contributed by atoms with Crippen LogP contribution in [0.3, 0.4) is 0 Å². The Balaban J connectivity index is 2.86. The number of fused-ring (bicyclic) bond motifs is 1. The summed E-state index contributed by atoms with van der Waals surface area (Å²) < 4.78 is 1.86. The highest BCUT2D eigenvalue weighted by molar-refractivity contribution is 9.10. The van der Waals surface area contributed by atoms with E-state index in [2.05, 4.69) is 26.1 Å². The number of carboxylic acid groups (broad SMARTS) is 1. The van der Waals surface area contributed by atoms with E-state index in [1.54, 1.807) is 12.1 Å². The van der Waals surface area contributed by atoms with Gasteiger partial charge in [0.1, 0.15) is 0 Å². The topological polar surface area (TPSA) is 84.6 Å². The smallest absolute Gasteiger partial charge is 0.362 e. The molecule has 15 heavy (non-hydrogen) atoms. The lowest BCUT2D eigenvalue weighted by Crippen LogP contribution is -2.25. The number of rotatable bonds is 1. The standard InChI is InChI=1S/C8H4BrN3O3/c9-4-1-2-12-5(3-4)10-11-6(7(12)13)8(14)15/h1-3H,(H,14,15). The fraction of sp³-hybridized carbons (Fsp3) is 0. The van der Waals surface area contributed by atoms with Crippen LogP contribution in [0.15, 0.2) is 27.6 Å². The number of aromatic nitrogens is 3.